The minimum absolute atomic E-state index is 0.170. The Labute approximate surface area is 165 Å². The first kappa shape index (κ1) is 20.3. The van der Waals surface area contributed by atoms with E-state index in [-0.39, 0.29) is 28.9 Å². The van der Waals surface area contributed by atoms with Gasteiger partial charge in [-0.05, 0) is 42.2 Å². The Morgan fingerprint density at radius 1 is 1.18 bits per heavy atom. The highest BCUT2D eigenvalue weighted by atomic mass is 19.1. The van der Waals surface area contributed by atoms with Gasteiger partial charge in [0.1, 0.15) is 11.4 Å². The molecular weight excluding hydrogens is 357 g/mol. The minimum atomic E-state index is -0.263. The van der Waals surface area contributed by atoms with Gasteiger partial charge >= 0.3 is 0 Å². The van der Waals surface area contributed by atoms with E-state index in [1.165, 1.54) is 16.7 Å². The van der Waals surface area contributed by atoms with E-state index in [9.17, 15) is 14.0 Å². The fraction of sp³-hybridized carbons (Fsp3) is 0.455. The molecule has 0 aliphatic carbocycles. The number of aromatic nitrogens is 1. The van der Waals surface area contributed by atoms with E-state index in [1.54, 1.807) is 25.4 Å². The van der Waals surface area contributed by atoms with Gasteiger partial charge in [-0.3, -0.25) is 14.5 Å². The molecule has 150 valence electrons. The summed E-state index contributed by atoms with van der Waals surface area (Å²) < 4.78 is 14.6. The van der Waals surface area contributed by atoms with Crippen molar-refractivity contribution in [3.63, 3.8) is 0 Å². The third kappa shape index (κ3) is 4.50. The summed E-state index contributed by atoms with van der Waals surface area (Å²) in [7, 11) is 1.66. The Kier molecular flexibility index (Phi) is 6.29. The summed E-state index contributed by atoms with van der Waals surface area (Å²) in [6.07, 6.45) is 2.49. The van der Waals surface area contributed by atoms with Crippen molar-refractivity contribution in [2.24, 2.45) is 13.0 Å². The molecule has 1 fully saturated rings. The van der Waals surface area contributed by atoms with E-state index < -0.39 is 0 Å². The number of pyridine rings is 1. The van der Waals surface area contributed by atoms with Crippen molar-refractivity contribution in [3.05, 3.63) is 69.9 Å². The Hall–Kier alpha value is -2.47. The van der Waals surface area contributed by atoms with Crippen LogP contribution in [0.4, 0.5) is 4.39 Å². The lowest BCUT2D eigenvalue weighted by Gasteiger charge is -2.34. The minimum Gasteiger partial charge on any atom is -0.337 e. The van der Waals surface area contributed by atoms with Crippen molar-refractivity contribution in [3.8, 4) is 0 Å². The number of carbonyl (C=O) groups is 1. The van der Waals surface area contributed by atoms with Gasteiger partial charge in [-0.25, -0.2) is 4.39 Å². The van der Waals surface area contributed by atoms with E-state index in [2.05, 4.69) is 18.7 Å². The van der Waals surface area contributed by atoms with Crippen LogP contribution in [-0.2, 0) is 13.6 Å². The maximum absolute atomic E-state index is 13.2. The number of carbonyl (C=O) groups excluding carboxylic acids is 1. The second-order valence-electron chi connectivity index (χ2n) is 7.85. The van der Waals surface area contributed by atoms with Crippen LogP contribution < -0.4 is 5.56 Å². The lowest BCUT2D eigenvalue weighted by atomic mass is 10.0. The molecule has 1 aromatic heterocycles. The standard InChI is InChI=1S/C22H28FN3O2/c1-16(2)20-15-26(22(28)19-6-4-11-24(3)21(19)27)13-5-12-25(20)14-17-7-9-18(23)10-8-17/h4,6-11,16,20H,5,12-15H2,1-3H3. The molecule has 5 nitrogen and oxygen atoms in total. The van der Waals surface area contributed by atoms with E-state index in [0.717, 1.165) is 25.1 Å². The molecular formula is C22H28FN3O2. The topological polar surface area (TPSA) is 45.6 Å². The van der Waals surface area contributed by atoms with Crippen LogP contribution in [0, 0.1) is 11.7 Å². The van der Waals surface area contributed by atoms with Crippen LogP contribution in [0.2, 0.25) is 0 Å². The highest BCUT2D eigenvalue weighted by Gasteiger charge is 2.30. The quantitative estimate of drug-likeness (QED) is 0.813. The zero-order valence-corrected chi connectivity index (χ0v) is 16.8. The van der Waals surface area contributed by atoms with E-state index in [1.807, 2.05) is 17.0 Å². The fourth-order valence-corrected chi connectivity index (χ4v) is 3.83. The van der Waals surface area contributed by atoms with Crippen LogP contribution in [0.5, 0.6) is 0 Å². The second-order valence-corrected chi connectivity index (χ2v) is 7.85. The van der Waals surface area contributed by atoms with Crippen molar-refractivity contribution < 1.29 is 9.18 Å². The number of aryl methyl sites for hydroxylation is 1. The van der Waals surface area contributed by atoms with Gasteiger partial charge in [0.15, 0.2) is 0 Å². The maximum atomic E-state index is 13.2. The number of hydrogen-bond donors (Lipinski definition) is 0. The normalized spacial score (nSPS) is 18.3. The molecule has 1 aliphatic rings. The predicted molar refractivity (Wildman–Crippen MR) is 108 cm³/mol. The first-order valence-electron chi connectivity index (χ1n) is 9.80. The van der Waals surface area contributed by atoms with E-state index >= 15 is 0 Å². The summed E-state index contributed by atoms with van der Waals surface area (Å²) in [6, 6.07) is 10.1. The fourth-order valence-electron chi connectivity index (χ4n) is 3.83. The van der Waals surface area contributed by atoms with Crippen LogP contribution in [-0.4, -0.2) is 46.0 Å². The largest absolute Gasteiger partial charge is 0.337 e. The van der Waals surface area contributed by atoms with Crippen molar-refractivity contribution in [2.45, 2.75) is 32.9 Å². The Bertz CT molecular complexity index is 876. The summed E-state index contributed by atoms with van der Waals surface area (Å²) in [5.74, 6) is -0.0934. The smallest absolute Gasteiger partial charge is 0.263 e. The molecule has 1 saturated heterocycles. The lowest BCUT2D eigenvalue weighted by molar-refractivity contribution is 0.0700. The Morgan fingerprint density at radius 2 is 1.89 bits per heavy atom. The van der Waals surface area contributed by atoms with Crippen molar-refractivity contribution in [1.82, 2.24) is 14.4 Å². The molecule has 0 N–H and O–H groups in total. The maximum Gasteiger partial charge on any atom is 0.263 e. The highest BCUT2D eigenvalue weighted by molar-refractivity contribution is 5.93. The molecule has 1 amide bonds. The predicted octanol–water partition coefficient (Wildman–Crippen LogP) is 2.90. The van der Waals surface area contributed by atoms with Crippen LogP contribution >= 0.6 is 0 Å². The van der Waals surface area contributed by atoms with Crippen molar-refractivity contribution in [1.29, 1.82) is 0 Å². The van der Waals surface area contributed by atoms with Crippen molar-refractivity contribution in [2.75, 3.05) is 19.6 Å². The molecule has 2 heterocycles. The number of nitrogens with zero attached hydrogens (tertiary/aromatic N) is 3. The van der Waals surface area contributed by atoms with Gasteiger partial charge in [0.2, 0.25) is 0 Å². The molecule has 0 spiro atoms. The molecule has 1 aliphatic heterocycles. The molecule has 6 heteroatoms. The molecule has 0 saturated carbocycles. The monoisotopic (exact) mass is 385 g/mol. The molecule has 3 rings (SSSR count). The molecule has 28 heavy (non-hydrogen) atoms. The molecule has 2 aromatic rings. The lowest BCUT2D eigenvalue weighted by Crippen LogP contribution is -2.46. The van der Waals surface area contributed by atoms with Gasteiger partial charge in [0.05, 0.1) is 0 Å². The third-order valence-corrected chi connectivity index (χ3v) is 5.46. The van der Waals surface area contributed by atoms with Crippen LogP contribution in [0.3, 0.4) is 0 Å². The SMILES string of the molecule is CC(C)C1CN(C(=O)c2cccn(C)c2=O)CCCN1Cc1ccc(F)cc1. The molecule has 0 radical (unpaired) electrons. The molecule has 1 aromatic carbocycles. The van der Waals surface area contributed by atoms with Crippen molar-refractivity contribution >= 4 is 5.91 Å². The zero-order valence-electron chi connectivity index (χ0n) is 16.8. The molecule has 1 unspecified atom stereocenters. The second kappa shape index (κ2) is 8.69. The highest BCUT2D eigenvalue weighted by Crippen LogP contribution is 2.21. The van der Waals surface area contributed by atoms with Gasteiger partial charge in [0.25, 0.3) is 11.5 Å². The number of halogens is 1. The van der Waals surface area contributed by atoms with Gasteiger partial charge < -0.3 is 9.47 Å². The Balaban J connectivity index is 1.80. The molecule has 0 bridgehead atoms. The summed E-state index contributed by atoms with van der Waals surface area (Å²) in [5, 5.41) is 0. The summed E-state index contributed by atoms with van der Waals surface area (Å²) >= 11 is 0. The Morgan fingerprint density at radius 3 is 2.57 bits per heavy atom. The first-order chi connectivity index (χ1) is 13.4. The number of rotatable bonds is 4. The number of amides is 1. The van der Waals surface area contributed by atoms with Gasteiger partial charge in [0, 0.05) is 45.5 Å². The average Bonchev–Trinajstić information content (AvgIpc) is 2.88. The summed E-state index contributed by atoms with van der Waals surface area (Å²) in [5.41, 5.74) is 1.02. The third-order valence-electron chi connectivity index (χ3n) is 5.46. The van der Waals surface area contributed by atoms with Crippen LogP contribution in [0.1, 0.15) is 36.2 Å². The average molecular weight is 385 g/mol. The van der Waals surface area contributed by atoms with Gasteiger partial charge in [-0.15, -0.1) is 0 Å². The van der Waals surface area contributed by atoms with Crippen LogP contribution in [0.15, 0.2) is 47.4 Å². The summed E-state index contributed by atoms with van der Waals surface area (Å²) in [6.45, 7) is 7.08. The van der Waals surface area contributed by atoms with E-state index in [4.69, 9.17) is 0 Å². The van der Waals surface area contributed by atoms with E-state index in [0.29, 0.717) is 19.0 Å². The first-order valence-corrected chi connectivity index (χ1v) is 9.80. The van der Waals surface area contributed by atoms with Gasteiger partial charge in [-0.2, -0.15) is 0 Å². The zero-order chi connectivity index (χ0) is 20.3. The molecule has 1 atom stereocenters. The van der Waals surface area contributed by atoms with Gasteiger partial charge in [-0.1, -0.05) is 26.0 Å². The van der Waals surface area contributed by atoms with Crippen LogP contribution in [0.25, 0.3) is 0 Å². The number of benzene rings is 1. The number of hydrogen-bond acceptors (Lipinski definition) is 3. The summed E-state index contributed by atoms with van der Waals surface area (Å²) in [4.78, 5) is 29.6.